The van der Waals surface area contributed by atoms with E-state index < -0.39 is 0 Å². The number of thiophene rings is 1. The van der Waals surface area contributed by atoms with Crippen molar-refractivity contribution in [3.8, 4) is 11.5 Å². The maximum Gasteiger partial charge on any atom is 0.260 e. The van der Waals surface area contributed by atoms with Gasteiger partial charge < -0.3 is 24.4 Å². The van der Waals surface area contributed by atoms with Gasteiger partial charge in [0, 0.05) is 29.9 Å². The van der Waals surface area contributed by atoms with Crippen LogP contribution in [0.15, 0.2) is 53.5 Å². The number of morpholine rings is 1. The molecule has 9 heteroatoms. The highest BCUT2D eigenvalue weighted by atomic mass is 32.1. The van der Waals surface area contributed by atoms with Gasteiger partial charge in [-0.2, -0.15) is 0 Å². The molecule has 8 nitrogen and oxygen atoms in total. The quantitative estimate of drug-likeness (QED) is 0.319. The van der Waals surface area contributed by atoms with E-state index >= 15 is 0 Å². The smallest absolute Gasteiger partial charge is 0.260 e. The zero-order valence-corrected chi connectivity index (χ0v) is 25.6. The van der Waals surface area contributed by atoms with E-state index in [9.17, 15) is 9.59 Å². The summed E-state index contributed by atoms with van der Waals surface area (Å²) in [6.07, 6.45) is 4.62. The average Bonchev–Trinajstić information content (AvgIpc) is 3.37. The summed E-state index contributed by atoms with van der Waals surface area (Å²) in [5, 5.41) is 3.77. The second-order valence-electron chi connectivity index (χ2n) is 11.8. The van der Waals surface area contributed by atoms with E-state index in [-0.39, 0.29) is 23.8 Å². The van der Waals surface area contributed by atoms with E-state index in [1.807, 2.05) is 42.5 Å². The van der Waals surface area contributed by atoms with Gasteiger partial charge in [0.1, 0.15) is 5.00 Å². The SMILES string of the molecule is COc1cc(C=Nc2sc3c(c2C(=O)Nc2ccccc2)CC[C@@H](C(C)(C)C)C3)ccc1OCC(=O)N1CCOCC1. The fraction of sp³-hybridized carbons (Fsp3) is 0.424. The van der Waals surface area contributed by atoms with E-state index in [1.165, 1.54) is 4.88 Å². The molecule has 222 valence electrons. The van der Waals surface area contributed by atoms with Crippen molar-refractivity contribution in [3.05, 3.63) is 70.1 Å². The van der Waals surface area contributed by atoms with Crippen LogP contribution in [0.5, 0.6) is 11.5 Å². The number of anilines is 1. The Morgan fingerprint density at radius 3 is 2.60 bits per heavy atom. The van der Waals surface area contributed by atoms with Gasteiger partial charge in [0.15, 0.2) is 18.1 Å². The standard InChI is InChI=1S/C33H39N3O5S/c1-33(2,3)23-11-12-25-28(19-23)42-32(30(25)31(38)35-24-8-6-5-7-9-24)34-20-22-10-13-26(27(18-22)39-4)41-21-29(37)36-14-16-40-17-15-36/h5-10,13,18,20,23H,11-12,14-17,19,21H2,1-4H3,(H,35,38)/t23-/m1/s1. The number of carbonyl (C=O) groups excluding carboxylic acids is 2. The molecule has 2 heterocycles. The zero-order valence-electron chi connectivity index (χ0n) is 24.8. The summed E-state index contributed by atoms with van der Waals surface area (Å²) in [5.41, 5.74) is 3.54. The number of para-hydroxylation sites is 1. The molecule has 1 N–H and O–H groups in total. The van der Waals surface area contributed by atoms with Crippen LogP contribution in [0.1, 0.15) is 53.6 Å². The number of nitrogens with one attached hydrogen (secondary N) is 1. The Morgan fingerprint density at radius 1 is 1.12 bits per heavy atom. The monoisotopic (exact) mass is 589 g/mol. The Bertz CT molecular complexity index is 1440. The number of amides is 2. The van der Waals surface area contributed by atoms with Crippen molar-refractivity contribution < 1.29 is 23.8 Å². The van der Waals surface area contributed by atoms with Gasteiger partial charge in [0.2, 0.25) is 0 Å². The molecule has 5 rings (SSSR count). The molecule has 0 spiro atoms. The van der Waals surface area contributed by atoms with Gasteiger partial charge in [-0.3, -0.25) is 9.59 Å². The van der Waals surface area contributed by atoms with Crippen LogP contribution in [0, 0.1) is 11.3 Å². The molecule has 1 aromatic heterocycles. The fourth-order valence-corrected chi connectivity index (χ4v) is 6.68. The molecule has 2 aliphatic rings. The summed E-state index contributed by atoms with van der Waals surface area (Å²) in [4.78, 5) is 33.9. The maximum atomic E-state index is 13.6. The molecule has 0 bridgehead atoms. The molecule has 1 aliphatic heterocycles. The predicted molar refractivity (Wildman–Crippen MR) is 167 cm³/mol. The highest BCUT2D eigenvalue weighted by Crippen LogP contribution is 2.45. The third-order valence-electron chi connectivity index (χ3n) is 7.96. The molecule has 0 saturated carbocycles. The zero-order chi connectivity index (χ0) is 29.7. The summed E-state index contributed by atoms with van der Waals surface area (Å²) >= 11 is 1.61. The number of aliphatic imine (C=N–C) groups is 1. The van der Waals surface area contributed by atoms with Gasteiger partial charge in [0.25, 0.3) is 11.8 Å². The first-order valence-corrected chi connectivity index (χ1v) is 15.3. The first kappa shape index (κ1) is 29.8. The largest absolute Gasteiger partial charge is 0.493 e. The molecule has 0 unspecified atom stereocenters. The molecule has 1 aliphatic carbocycles. The van der Waals surface area contributed by atoms with E-state index in [1.54, 1.807) is 35.6 Å². The summed E-state index contributed by atoms with van der Waals surface area (Å²) in [7, 11) is 1.57. The number of nitrogens with zero attached hydrogens (tertiary/aromatic N) is 2. The molecule has 2 amide bonds. The van der Waals surface area contributed by atoms with Crippen molar-refractivity contribution in [2.24, 2.45) is 16.3 Å². The van der Waals surface area contributed by atoms with Gasteiger partial charge in [-0.05, 0) is 72.1 Å². The number of fused-ring (bicyclic) bond motifs is 1. The minimum atomic E-state index is -0.133. The normalized spacial score (nSPS) is 17.1. The van der Waals surface area contributed by atoms with E-state index in [4.69, 9.17) is 19.2 Å². The maximum absolute atomic E-state index is 13.6. The Morgan fingerprint density at radius 2 is 1.88 bits per heavy atom. The Kier molecular flexibility index (Phi) is 9.28. The molecule has 2 aromatic carbocycles. The van der Waals surface area contributed by atoms with Crippen LogP contribution in [-0.2, 0) is 22.4 Å². The van der Waals surface area contributed by atoms with Gasteiger partial charge in [-0.1, -0.05) is 39.0 Å². The van der Waals surface area contributed by atoms with Crippen LogP contribution in [0.3, 0.4) is 0 Å². The molecule has 0 radical (unpaired) electrons. The minimum absolute atomic E-state index is 0.0695. The van der Waals surface area contributed by atoms with Crippen molar-refractivity contribution in [2.75, 3.05) is 45.3 Å². The van der Waals surface area contributed by atoms with E-state index in [2.05, 4.69) is 26.1 Å². The Balaban J connectivity index is 1.37. The van der Waals surface area contributed by atoms with Crippen LogP contribution in [0.25, 0.3) is 0 Å². The van der Waals surface area contributed by atoms with Gasteiger partial charge in [-0.25, -0.2) is 4.99 Å². The van der Waals surface area contributed by atoms with Crippen LogP contribution >= 0.6 is 11.3 Å². The van der Waals surface area contributed by atoms with Crippen LogP contribution in [0.4, 0.5) is 10.7 Å². The molecule has 3 aromatic rings. The molecule has 1 atom stereocenters. The topological polar surface area (TPSA) is 89.5 Å². The highest BCUT2D eigenvalue weighted by Gasteiger charge is 2.33. The molecule has 42 heavy (non-hydrogen) atoms. The van der Waals surface area contributed by atoms with Crippen molar-refractivity contribution in [1.82, 2.24) is 4.90 Å². The lowest BCUT2D eigenvalue weighted by Crippen LogP contribution is -2.43. The summed E-state index contributed by atoms with van der Waals surface area (Å²) in [5.74, 6) is 1.33. The summed E-state index contributed by atoms with van der Waals surface area (Å²) < 4.78 is 16.7. The van der Waals surface area contributed by atoms with Crippen molar-refractivity contribution >= 4 is 40.1 Å². The number of benzene rings is 2. The molecular weight excluding hydrogens is 550 g/mol. The van der Waals surface area contributed by atoms with Crippen LogP contribution in [-0.4, -0.2) is 62.9 Å². The highest BCUT2D eigenvalue weighted by molar-refractivity contribution is 7.16. The van der Waals surface area contributed by atoms with Crippen molar-refractivity contribution in [3.63, 3.8) is 0 Å². The van der Waals surface area contributed by atoms with Gasteiger partial charge >= 0.3 is 0 Å². The van der Waals surface area contributed by atoms with Crippen molar-refractivity contribution in [1.29, 1.82) is 0 Å². The third kappa shape index (κ3) is 7.02. The number of rotatable bonds is 8. The third-order valence-corrected chi connectivity index (χ3v) is 9.13. The average molecular weight is 590 g/mol. The van der Waals surface area contributed by atoms with Gasteiger partial charge in [-0.15, -0.1) is 11.3 Å². The van der Waals surface area contributed by atoms with E-state index in [0.29, 0.717) is 54.3 Å². The molecule has 1 fully saturated rings. The molecular formula is C33H39N3O5S. The number of hydrogen-bond acceptors (Lipinski definition) is 7. The first-order chi connectivity index (χ1) is 20.2. The Labute approximate surface area is 251 Å². The number of carbonyl (C=O) groups is 2. The molecule has 1 saturated heterocycles. The van der Waals surface area contributed by atoms with Crippen LogP contribution < -0.4 is 14.8 Å². The second kappa shape index (κ2) is 13.1. The lowest BCUT2D eigenvalue weighted by atomic mass is 9.72. The summed E-state index contributed by atoms with van der Waals surface area (Å²) in [6, 6.07) is 15.0. The summed E-state index contributed by atoms with van der Waals surface area (Å²) in [6.45, 7) is 9.03. The van der Waals surface area contributed by atoms with Crippen molar-refractivity contribution in [2.45, 2.75) is 40.0 Å². The number of ether oxygens (including phenoxy) is 3. The minimum Gasteiger partial charge on any atom is -0.493 e. The lowest BCUT2D eigenvalue weighted by Gasteiger charge is -2.33. The number of hydrogen-bond donors (Lipinski definition) is 1. The van der Waals surface area contributed by atoms with E-state index in [0.717, 1.165) is 36.1 Å². The van der Waals surface area contributed by atoms with Gasteiger partial charge in [0.05, 0.1) is 25.9 Å². The van der Waals surface area contributed by atoms with Crippen LogP contribution in [0.2, 0.25) is 0 Å². The second-order valence-corrected chi connectivity index (χ2v) is 12.8. The first-order valence-electron chi connectivity index (χ1n) is 14.4. The Hall–Kier alpha value is -3.69. The predicted octanol–water partition coefficient (Wildman–Crippen LogP) is 6.15. The lowest BCUT2D eigenvalue weighted by molar-refractivity contribution is -0.137. The number of methoxy groups -OCH3 is 1. The fourth-order valence-electron chi connectivity index (χ4n) is 5.41.